The van der Waals surface area contributed by atoms with Gasteiger partial charge in [-0.3, -0.25) is 14.5 Å². The highest BCUT2D eigenvalue weighted by atomic mass is 79.9. The number of halogens is 1. The maximum Gasteiger partial charge on any atom is 0.253 e. The average molecular weight is 321 g/mol. The molecule has 0 bridgehead atoms. The minimum absolute atomic E-state index is 0.0771. The lowest BCUT2D eigenvalue weighted by Gasteiger charge is -2.24. The summed E-state index contributed by atoms with van der Waals surface area (Å²) < 4.78 is 2.80. The fourth-order valence-corrected chi connectivity index (χ4v) is 2.66. The number of nitrogens with zero attached hydrogens (tertiary/aromatic N) is 3. The first-order valence-electron chi connectivity index (χ1n) is 6.14. The zero-order valence-corrected chi connectivity index (χ0v) is 11.8. The molecule has 5 nitrogen and oxygen atoms in total. The largest absolute Gasteiger partial charge is 0.349 e. The van der Waals surface area contributed by atoms with Gasteiger partial charge in [-0.15, -0.1) is 0 Å². The molecule has 0 saturated heterocycles. The van der Waals surface area contributed by atoms with Crippen LogP contribution in [0.4, 0.5) is 0 Å². The van der Waals surface area contributed by atoms with Crippen molar-refractivity contribution in [3.63, 3.8) is 0 Å². The van der Waals surface area contributed by atoms with E-state index in [0.29, 0.717) is 5.56 Å². The van der Waals surface area contributed by atoms with Gasteiger partial charge in [0.25, 0.3) is 5.91 Å². The standard InChI is InChI=1S/C13H13BrN4O/c14-10-5-9(7-15-8-10)13(19)17-11-2-4-18-12(6-11)1-3-16-18/h1,3,5,7-8,11H,2,4,6H2,(H,17,19)/t11-/m0/s1. The first-order valence-corrected chi connectivity index (χ1v) is 6.94. The topological polar surface area (TPSA) is 59.8 Å². The molecule has 98 valence electrons. The molecule has 6 heteroatoms. The van der Waals surface area contributed by atoms with Crippen LogP contribution >= 0.6 is 15.9 Å². The number of aromatic nitrogens is 3. The second-order valence-electron chi connectivity index (χ2n) is 4.60. The molecule has 1 N–H and O–H groups in total. The van der Waals surface area contributed by atoms with E-state index in [9.17, 15) is 4.79 Å². The molecule has 2 aromatic heterocycles. The highest BCUT2D eigenvalue weighted by Crippen LogP contribution is 2.15. The molecule has 1 aliphatic heterocycles. The van der Waals surface area contributed by atoms with E-state index in [1.165, 1.54) is 5.69 Å². The van der Waals surface area contributed by atoms with Gasteiger partial charge in [0, 0.05) is 47.8 Å². The summed E-state index contributed by atoms with van der Waals surface area (Å²) in [5.74, 6) is -0.0771. The number of aryl methyl sites for hydroxylation is 1. The maximum absolute atomic E-state index is 12.1. The average Bonchev–Trinajstić information content (AvgIpc) is 2.86. The van der Waals surface area contributed by atoms with Crippen LogP contribution in [0.25, 0.3) is 0 Å². The number of fused-ring (bicyclic) bond motifs is 1. The molecule has 1 amide bonds. The lowest BCUT2D eigenvalue weighted by atomic mass is 10.0. The minimum Gasteiger partial charge on any atom is -0.349 e. The SMILES string of the molecule is O=C(N[C@H]1CCn2nccc2C1)c1cncc(Br)c1. The van der Waals surface area contributed by atoms with Crippen molar-refractivity contribution in [3.8, 4) is 0 Å². The Morgan fingerprint density at radius 1 is 1.47 bits per heavy atom. The lowest BCUT2D eigenvalue weighted by molar-refractivity contribution is 0.0930. The van der Waals surface area contributed by atoms with Crippen LogP contribution in [0.5, 0.6) is 0 Å². The van der Waals surface area contributed by atoms with E-state index in [1.54, 1.807) is 24.7 Å². The molecular weight excluding hydrogens is 308 g/mol. The molecule has 0 fully saturated rings. The van der Waals surface area contributed by atoms with Crippen molar-refractivity contribution >= 4 is 21.8 Å². The Hall–Kier alpha value is -1.69. The van der Waals surface area contributed by atoms with Crippen LogP contribution in [0.3, 0.4) is 0 Å². The van der Waals surface area contributed by atoms with Gasteiger partial charge in [0.05, 0.1) is 5.56 Å². The number of nitrogens with one attached hydrogen (secondary N) is 1. The molecule has 0 aromatic carbocycles. The highest BCUT2D eigenvalue weighted by Gasteiger charge is 2.21. The molecule has 0 radical (unpaired) electrons. The van der Waals surface area contributed by atoms with Gasteiger partial charge in [-0.1, -0.05) is 0 Å². The number of carbonyl (C=O) groups excluding carboxylic acids is 1. The number of amides is 1. The summed E-state index contributed by atoms with van der Waals surface area (Å²) in [6, 6.07) is 3.93. The molecule has 1 aliphatic rings. The van der Waals surface area contributed by atoms with Crippen molar-refractivity contribution in [1.82, 2.24) is 20.1 Å². The molecule has 0 spiro atoms. The molecule has 0 saturated carbocycles. The Morgan fingerprint density at radius 3 is 3.21 bits per heavy atom. The molecule has 3 rings (SSSR count). The summed E-state index contributed by atoms with van der Waals surface area (Å²) in [6.45, 7) is 0.851. The third kappa shape index (κ3) is 2.68. The smallest absolute Gasteiger partial charge is 0.253 e. The maximum atomic E-state index is 12.1. The Morgan fingerprint density at radius 2 is 2.37 bits per heavy atom. The van der Waals surface area contributed by atoms with Crippen LogP contribution < -0.4 is 5.32 Å². The summed E-state index contributed by atoms with van der Waals surface area (Å²) >= 11 is 3.32. The third-order valence-electron chi connectivity index (χ3n) is 3.25. The Kier molecular flexibility index (Phi) is 3.33. The summed E-state index contributed by atoms with van der Waals surface area (Å²) in [7, 11) is 0. The second-order valence-corrected chi connectivity index (χ2v) is 5.52. The normalized spacial score (nSPS) is 17.8. The van der Waals surface area contributed by atoms with Crippen molar-refractivity contribution in [2.45, 2.75) is 25.4 Å². The molecule has 2 aromatic rings. The number of hydrogen-bond acceptors (Lipinski definition) is 3. The number of rotatable bonds is 2. The van der Waals surface area contributed by atoms with E-state index in [2.05, 4.69) is 31.3 Å². The Balaban J connectivity index is 1.68. The van der Waals surface area contributed by atoms with Crippen molar-refractivity contribution in [3.05, 3.63) is 46.5 Å². The van der Waals surface area contributed by atoms with Crippen LogP contribution in [0.1, 0.15) is 22.5 Å². The zero-order valence-electron chi connectivity index (χ0n) is 10.2. The summed E-state index contributed by atoms with van der Waals surface area (Å²) in [6.07, 6.45) is 6.77. The van der Waals surface area contributed by atoms with E-state index < -0.39 is 0 Å². The van der Waals surface area contributed by atoms with Gasteiger partial charge < -0.3 is 5.32 Å². The second kappa shape index (κ2) is 5.13. The van der Waals surface area contributed by atoms with Crippen molar-refractivity contribution in [2.24, 2.45) is 0 Å². The fourth-order valence-electron chi connectivity index (χ4n) is 2.30. The summed E-state index contributed by atoms with van der Waals surface area (Å²) in [5.41, 5.74) is 1.75. The van der Waals surface area contributed by atoms with Gasteiger partial charge in [0.1, 0.15) is 0 Å². The highest BCUT2D eigenvalue weighted by molar-refractivity contribution is 9.10. The van der Waals surface area contributed by atoms with Crippen LogP contribution in [-0.2, 0) is 13.0 Å². The number of pyridine rings is 1. The van der Waals surface area contributed by atoms with Gasteiger partial charge >= 0.3 is 0 Å². The van der Waals surface area contributed by atoms with E-state index in [4.69, 9.17) is 0 Å². The van der Waals surface area contributed by atoms with E-state index >= 15 is 0 Å². The van der Waals surface area contributed by atoms with E-state index in [1.807, 2.05) is 10.7 Å². The molecule has 0 aliphatic carbocycles. The Bertz CT molecular complexity index is 610. The van der Waals surface area contributed by atoms with Crippen molar-refractivity contribution < 1.29 is 4.79 Å². The first kappa shape index (κ1) is 12.3. The Labute approximate surface area is 119 Å². The van der Waals surface area contributed by atoms with Gasteiger partial charge in [-0.05, 0) is 34.5 Å². The molecule has 0 unspecified atom stereocenters. The van der Waals surface area contributed by atoms with Crippen LogP contribution in [-0.4, -0.2) is 26.7 Å². The molecule has 3 heterocycles. The van der Waals surface area contributed by atoms with Crippen LogP contribution in [0.15, 0.2) is 35.2 Å². The molecule has 19 heavy (non-hydrogen) atoms. The van der Waals surface area contributed by atoms with Crippen molar-refractivity contribution in [2.75, 3.05) is 0 Å². The third-order valence-corrected chi connectivity index (χ3v) is 3.69. The quantitative estimate of drug-likeness (QED) is 0.917. The number of carbonyl (C=O) groups is 1. The number of hydrogen-bond donors (Lipinski definition) is 1. The monoisotopic (exact) mass is 320 g/mol. The zero-order chi connectivity index (χ0) is 13.2. The van der Waals surface area contributed by atoms with Gasteiger partial charge in [-0.2, -0.15) is 5.10 Å². The minimum atomic E-state index is -0.0771. The van der Waals surface area contributed by atoms with E-state index in [-0.39, 0.29) is 11.9 Å². The van der Waals surface area contributed by atoms with Gasteiger partial charge in [0.15, 0.2) is 0 Å². The van der Waals surface area contributed by atoms with Crippen LogP contribution in [0, 0.1) is 0 Å². The predicted molar refractivity (Wildman–Crippen MR) is 73.7 cm³/mol. The molecule has 1 atom stereocenters. The lowest BCUT2D eigenvalue weighted by Crippen LogP contribution is -2.40. The van der Waals surface area contributed by atoms with Gasteiger partial charge in [0.2, 0.25) is 0 Å². The summed E-state index contributed by atoms with van der Waals surface area (Å²) in [4.78, 5) is 16.1. The molecular formula is C13H13BrN4O. The first-order chi connectivity index (χ1) is 9.22. The predicted octanol–water partition coefficient (Wildman–Crippen LogP) is 1.79. The van der Waals surface area contributed by atoms with E-state index in [0.717, 1.165) is 23.9 Å². The van der Waals surface area contributed by atoms with Crippen molar-refractivity contribution in [1.29, 1.82) is 0 Å². The fraction of sp³-hybridized carbons (Fsp3) is 0.308. The summed E-state index contributed by atoms with van der Waals surface area (Å²) in [5, 5.41) is 7.28. The van der Waals surface area contributed by atoms with Crippen LogP contribution in [0.2, 0.25) is 0 Å². The van der Waals surface area contributed by atoms with Gasteiger partial charge in [-0.25, -0.2) is 0 Å².